The van der Waals surface area contributed by atoms with Crippen LogP contribution in [0.25, 0.3) is 0 Å². The van der Waals surface area contributed by atoms with Crippen molar-refractivity contribution < 1.29 is 86.2 Å². The van der Waals surface area contributed by atoms with E-state index in [0.717, 1.165) is 0 Å². The average molecular weight is 339 g/mol. The molecule has 22 valence electrons. The van der Waals surface area contributed by atoms with Crippen molar-refractivity contribution in [3.63, 3.8) is 0 Å². The minimum Gasteiger partial charge on any atom is 0 e. The SMILES string of the molecule is [Pt].[Ti].[Ti].[Ti]. The van der Waals surface area contributed by atoms with E-state index >= 15 is 0 Å². The van der Waals surface area contributed by atoms with Crippen molar-refractivity contribution in [1.82, 2.24) is 0 Å². The summed E-state index contributed by atoms with van der Waals surface area (Å²) in [5.41, 5.74) is 0. The van der Waals surface area contributed by atoms with Gasteiger partial charge in [-0.25, -0.2) is 0 Å². The Kier molecular flexibility index (Phi) is 123. The monoisotopic (exact) mass is 339 g/mol. The Bertz CT molecular complexity index is 3.25. The second kappa shape index (κ2) is 17.0. The van der Waals surface area contributed by atoms with Crippen molar-refractivity contribution >= 4 is 0 Å². The molecular formula is PtTi3. The molecule has 0 aliphatic rings. The van der Waals surface area contributed by atoms with E-state index in [9.17, 15) is 0 Å². The fourth-order valence-electron chi connectivity index (χ4n) is 0. The van der Waals surface area contributed by atoms with E-state index in [0.29, 0.717) is 0 Å². The van der Waals surface area contributed by atoms with Crippen LogP contribution >= 0.6 is 0 Å². The van der Waals surface area contributed by atoms with Crippen LogP contribution in [0.15, 0.2) is 0 Å². The van der Waals surface area contributed by atoms with Crippen LogP contribution in [-0.4, -0.2) is 0 Å². The summed E-state index contributed by atoms with van der Waals surface area (Å²) >= 11 is 0. The van der Waals surface area contributed by atoms with Gasteiger partial charge in [-0.2, -0.15) is 0 Å². The van der Waals surface area contributed by atoms with Crippen LogP contribution in [0.1, 0.15) is 0 Å². The molecule has 4 heteroatoms. The smallest absolute Gasteiger partial charge is 0 e. The number of hydrogen-bond acceptors (Lipinski definition) is 0. The van der Waals surface area contributed by atoms with Crippen molar-refractivity contribution in [2.45, 2.75) is 0 Å². The maximum Gasteiger partial charge on any atom is 0 e. The van der Waals surface area contributed by atoms with E-state index in [1.807, 2.05) is 0 Å². The topological polar surface area (TPSA) is 0 Å². The molecule has 0 atom stereocenters. The number of rotatable bonds is 0. The van der Waals surface area contributed by atoms with E-state index in [1.165, 1.54) is 0 Å². The molecule has 0 N–H and O–H groups in total. The van der Waals surface area contributed by atoms with E-state index in [-0.39, 0.29) is 86.2 Å². The molecule has 0 radical (unpaired) electrons. The van der Waals surface area contributed by atoms with Gasteiger partial charge < -0.3 is 0 Å². The summed E-state index contributed by atoms with van der Waals surface area (Å²) in [7, 11) is 0. The van der Waals surface area contributed by atoms with E-state index < -0.39 is 0 Å². The van der Waals surface area contributed by atoms with Crippen LogP contribution in [0.5, 0.6) is 0 Å². The van der Waals surface area contributed by atoms with Gasteiger partial charge in [0.1, 0.15) is 0 Å². The average Bonchev–Trinajstić information content (AvgIpc) is 0. The molecule has 0 unspecified atom stereocenters. The zero-order valence-electron chi connectivity index (χ0n) is 1.82. The minimum absolute atomic E-state index is 0. The maximum atomic E-state index is 0. The van der Waals surface area contributed by atoms with Gasteiger partial charge in [0.05, 0.1) is 0 Å². The van der Waals surface area contributed by atoms with Gasteiger partial charge in [0.2, 0.25) is 0 Å². The summed E-state index contributed by atoms with van der Waals surface area (Å²) < 4.78 is 0. The molecule has 0 rings (SSSR count). The molecule has 0 amide bonds. The molecule has 0 heterocycles. The largest absolute Gasteiger partial charge is 0 e. The fourth-order valence-corrected chi connectivity index (χ4v) is 0. The third-order valence-corrected chi connectivity index (χ3v) is 0. The molecule has 0 aliphatic carbocycles. The summed E-state index contributed by atoms with van der Waals surface area (Å²) in [6, 6.07) is 0. The first-order chi connectivity index (χ1) is 0. The van der Waals surface area contributed by atoms with Crippen molar-refractivity contribution in [3.8, 4) is 0 Å². The molecule has 0 aromatic carbocycles. The first-order valence-corrected chi connectivity index (χ1v) is 0. The minimum atomic E-state index is 0. The second-order valence-corrected chi connectivity index (χ2v) is 0. The van der Waals surface area contributed by atoms with E-state index in [1.54, 1.807) is 0 Å². The molecule has 0 aliphatic heterocycles. The Hall–Kier alpha value is 2.83. The van der Waals surface area contributed by atoms with E-state index in [4.69, 9.17) is 0 Å². The third kappa shape index (κ3) is 8.85. The Labute approximate surface area is 84.8 Å². The molecule has 0 saturated carbocycles. The van der Waals surface area contributed by atoms with Gasteiger partial charge in [0.25, 0.3) is 0 Å². The summed E-state index contributed by atoms with van der Waals surface area (Å²) in [6.07, 6.45) is 0. The summed E-state index contributed by atoms with van der Waals surface area (Å²) in [6.45, 7) is 0. The van der Waals surface area contributed by atoms with Gasteiger partial charge in [0.15, 0.2) is 0 Å². The van der Waals surface area contributed by atoms with Crippen molar-refractivity contribution in [2.75, 3.05) is 0 Å². The zero-order valence-corrected chi connectivity index (χ0v) is 8.77. The van der Waals surface area contributed by atoms with Gasteiger partial charge in [-0.3, -0.25) is 0 Å². The predicted molar refractivity (Wildman–Crippen MR) is 0 cm³/mol. The maximum absolute atomic E-state index is 0. The molecular weight excluding hydrogens is 339 g/mol. The van der Waals surface area contributed by atoms with Gasteiger partial charge in [-0.15, -0.1) is 0 Å². The molecule has 0 nitrogen and oxygen atoms in total. The van der Waals surface area contributed by atoms with Crippen LogP contribution in [0.3, 0.4) is 0 Å². The van der Waals surface area contributed by atoms with Gasteiger partial charge >= 0.3 is 0 Å². The molecule has 0 aromatic rings. The quantitative estimate of drug-likeness (QED) is 0.545. The molecule has 0 spiro atoms. The third-order valence-electron chi connectivity index (χ3n) is 0. The predicted octanol–water partition coefficient (Wildman–Crippen LogP) is -0.0100. The Morgan fingerprint density at radius 3 is 0.500 bits per heavy atom. The number of hydrogen-bond donors (Lipinski definition) is 0. The van der Waals surface area contributed by atoms with Crippen LogP contribution in [0.2, 0.25) is 0 Å². The second-order valence-electron chi connectivity index (χ2n) is 0. The molecule has 4 heavy (non-hydrogen) atoms. The Balaban J connectivity index is 0. The molecule has 0 aromatic heterocycles. The normalized spacial score (nSPS) is 0. The Morgan fingerprint density at radius 1 is 0.500 bits per heavy atom. The Morgan fingerprint density at radius 2 is 0.500 bits per heavy atom. The molecule has 0 fully saturated rings. The summed E-state index contributed by atoms with van der Waals surface area (Å²) in [4.78, 5) is 0. The van der Waals surface area contributed by atoms with Crippen LogP contribution in [0, 0.1) is 0 Å². The van der Waals surface area contributed by atoms with Gasteiger partial charge in [0, 0.05) is 86.2 Å². The van der Waals surface area contributed by atoms with Crippen LogP contribution < -0.4 is 0 Å². The van der Waals surface area contributed by atoms with Crippen molar-refractivity contribution in [3.05, 3.63) is 0 Å². The first kappa shape index (κ1) is 29.0. The van der Waals surface area contributed by atoms with Gasteiger partial charge in [-0.1, -0.05) is 0 Å². The zero-order chi connectivity index (χ0) is 0. The van der Waals surface area contributed by atoms with Crippen LogP contribution in [-0.2, 0) is 86.2 Å². The van der Waals surface area contributed by atoms with Crippen LogP contribution in [0.4, 0.5) is 0 Å². The molecule has 0 bridgehead atoms. The standard InChI is InChI=1S/Pt.3Ti. The first-order valence-electron chi connectivity index (χ1n) is 0. The molecule has 0 saturated heterocycles. The fraction of sp³-hybridized carbons (Fsp3) is 0. The summed E-state index contributed by atoms with van der Waals surface area (Å²) in [5, 5.41) is 0. The summed E-state index contributed by atoms with van der Waals surface area (Å²) in [5.74, 6) is 0. The van der Waals surface area contributed by atoms with Crippen molar-refractivity contribution in [1.29, 1.82) is 0 Å². The van der Waals surface area contributed by atoms with Gasteiger partial charge in [-0.05, 0) is 0 Å². The van der Waals surface area contributed by atoms with Crippen molar-refractivity contribution in [2.24, 2.45) is 0 Å². The van der Waals surface area contributed by atoms with E-state index in [2.05, 4.69) is 0 Å².